The molecule has 2 heterocycles. The zero-order valence-corrected chi connectivity index (χ0v) is 18.4. The Hall–Kier alpha value is -3.94. The van der Waals surface area contributed by atoms with Crippen molar-refractivity contribution in [2.75, 3.05) is 5.32 Å². The summed E-state index contributed by atoms with van der Waals surface area (Å²) in [6.45, 7) is 7.13. The van der Waals surface area contributed by atoms with Crippen molar-refractivity contribution < 1.29 is 9.53 Å². The summed E-state index contributed by atoms with van der Waals surface area (Å²) in [6.07, 6.45) is 3.29. The largest absolute Gasteiger partial charge is 0.471 e. The molecule has 164 valence electrons. The predicted molar refractivity (Wildman–Crippen MR) is 122 cm³/mol. The van der Waals surface area contributed by atoms with Gasteiger partial charge in [0, 0.05) is 6.20 Å². The van der Waals surface area contributed by atoms with Crippen LogP contribution in [0.4, 0.5) is 5.95 Å². The molecule has 8 nitrogen and oxygen atoms in total. The Kier molecular flexibility index (Phi) is 6.30. The summed E-state index contributed by atoms with van der Waals surface area (Å²) in [4.78, 5) is 16.6. The predicted octanol–water partition coefficient (Wildman–Crippen LogP) is 4.24. The molecule has 0 bridgehead atoms. The number of benzene rings is 2. The lowest BCUT2D eigenvalue weighted by molar-refractivity contribution is 0.101. The molecule has 0 fully saturated rings. The zero-order chi connectivity index (χ0) is 22.5. The molecule has 0 spiro atoms. The van der Waals surface area contributed by atoms with Crippen LogP contribution < -0.4 is 10.1 Å². The molecule has 0 saturated heterocycles. The molecule has 0 saturated carbocycles. The van der Waals surface area contributed by atoms with Crippen LogP contribution in [0, 0.1) is 6.92 Å². The molecule has 4 aromatic rings. The van der Waals surface area contributed by atoms with Crippen LogP contribution in [-0.4, -0.2) is 30.5 Å². The summed E-state index contributed by atoms with van der Waals surface area (Å²) in [5, 5.41) is 11.3. The third-order valence-corrected chi connectivity index (χ3v) is 5.01. The number of hydrogen-bond acceptors (Lipinski definition) is 5. The molecule has 0 radical (unpaired) electrons. The van der Waals surface area contributed by atoms with Gasteiger partial charge in [-0.3, -0.25) is 10.1 Å². The molecule has 0 aliphatic carbocycles. The van der Waals surface area contributed by atoms with Gasteiger partial charge in [0.25, 0.3) is 5.91 Å². The van der Waals surface area contributed by atoms with Crippen molar-refractivity contribution in [2.45, 2.75) is 40.0 Å². The van der Waals surface area contributed by atoms with E-state index in [9.17, 15) is 4.79 Å². The first-order chi connectivity index (χ1) is 15.5. The van der Waals surface area contributed by atoms with Crippen molar-refractivity contribution in [1.29, 1.82) is 0 Å². The normalized spacial score (nSPS) is 11.0. The van der Waals surface area contributed by atoms with E-state index < -0.39 is 0 Å². The molecule has 8 heteroatoms. The Labute approximate surface area is 186 Å². The highest BCUT2D eigenvalue weighted by Crippen LogP contribution is 2.18. The van der Waals surface area contributed by atoms with E-state index in [1.54, 1.807) is 28.0 Å². The van der Waals surface area contributed by atoms with E-state index in [1.165, 1.54) is 11.1 Å². The maximum Gasteiger partial charge on any atom is 0.278 e. The zero-order valence-electron chi connectivity index (χ0n) is 18.4. The van der Waals surface area contributed by atoms with Gasteiger partial charge in [-0.2, -0.15) is 5.10 Å². The number of hydrogen-bond donors (Lipinski definition) is 1. The van der Waals surface area contributed by atoms with Gasteiger partial charge >= 0.3 is 0 Å². The fraction of sp³-hybridized carbons (Fsp3) is 0.250. The Bertz CT molecular complexity index is 1180. The maximum atomic E-state index is 12.5. The molecule has 0 aliphatic heterocycles. The monoisotopic (exact) mass is 430 g/mol. The Morgan fingerprint density at radius 1 is 1.00 bits per heavy atom. The maximum absolute atomic E-state index is 12.5. The summed E-state index contributed by atoms with van der Waals surface area (Å²) in [5.41, 5.74) is 3.83. The van der Waals surface area contributed by atoms with Gasteiger partial charge in [0.1, 0.15) is 12.1 Å². The van der Waals surface area contributed by atoms with E-state index in [4.69, 9.17) is 4.74 Å². The highest BCUT2D eigenvalue weighted by molar-refractivity contribution is 6.01. The minimum Gasteiger partial charge on any atom is -0.471 e. The van der Waals surface area contributed by atoms with E-state index in [1.807, 2.05) is 43.3 Å². The van der Waals surface area contributed by atoms with Crippen molar-refractivity contribution >= 4 is 11.9 Å². The number of anilines is 1. The average molecular weight is 431 g/mol. The van der Waals surface area contributed by atoms with E-state index in [0.29, 0.717) is 12.5 Å². The molecule has 1 amide bonds. The first-order valence-corrected chi connectivity index (χ1v) is 10.5. The first-order valence-electron chi connectivity index (χ1n) is 10.5. The first kappa shape index (κ1) is 21.3. The van der Waals surface area contributed by atoms with E-state index in [-0.39, 0.29) is 24.3 Å². The number of nitrogens with zero attached hydrogens (tertiary/aromatic N) is 5. The van der Waals surface area contributed by atoms with Crippen LogP contribution in [0.15, 0.2) is 67.1 Å². The number of carbonyl (C=O) groups excluding carboxylic acids is 1. The Morgan fingerprint density at radius 3 is 2.47 bits per heavy atom. The number of nitrogens with one attached hydrogen (secondary N) is 1. The third-order valence-electron chi connectivity index (χ3n) is 5.01. The van der Waals surface area contributed by atoms with E-state index in [2.05, 4.69) is 46.5 Å². The second-order valence-corrected chi connectivity index (χ2v) is 7.94. The fourth-order valence-corrected chi connectivity index (χ4v) is 3.12. The molecule has 1 N–H and O–H groups in total. The number of ether oxygens (including phenoxy) is 1. The highest BCUT2D eigenvalue weighted by atomic mass is 16.5. The minimum atomic E-state index is -0.377. The molecule has 2 aromatic heterocycles. The van der Waals surface area contributed by atoms with Crippen LogP contribution >= 0.6 is 0 Å². The van der Waals surface area contributed by atoms with Gasteiger partial charge in [0.15, 0.2) is 12.4 Å². The third kappa shape index (κ3) is 5.40. The molecular weight excluding hydrogens is 404 g/mol. The second-order valence-electron chi connectivity index (χ2n) is 7.94. The SMILES string of the molecule is Cc1ccc(Cn2cnc(NC(=O)c3ccn(COc4ccc(C(C)C)cc4)n3)n2)cc1. The van der Waals surface area contributed by atoms with Crippen LogP contribution in [0.25, 0.3) is 0 Å². The van der Waals surface area contributed by atoms with Gasteiger partial charge in [-0.25, -0.2) is 14.3 Å². The number of aromatic nitrogens is 5. The lowest BCUT2D eigenvalue weighted by Gasteiger charge is -2.09. The molecule has 0 atom stereocenters. The van der Waals surface area contributed by atoms with Crippen molar-refractivity contribution in [3.63, 3.8) is 0 Å². The topological polar surface area (TPSA) is 86.9 Å². The quantitative estimate of drug-likeness (QED) is 0.452. The highest BCUT2D eigenvalue weighted by Gasteiger charge is 2.13. The minimum absolute atomic E-state index is 0.206. The van der Waals surface area contributed by atoms with E-state index in [0.717, 1.165) is 11.3 Å². The molecule has 32 heavy (non-hydrogen) atoms. The molecule has 0 aliphatic rings. The number of carbonyl (C=O) groups is 1. The molecule has 2 aromatic carbocycles. The molecule has 4 rings (SSSR count). The van der Waals surface area contributed by atoms with Crippen LogP contribution in [-0.2, 0) is 13.3 Å². The Morgan fingerprint density at radius 2 is 1.75 bits per heavy atom. The van der Waals surface area contributed by atoms with Gasteiger partial charge in [-0.05, 0) is 42.2 Å². The number of aryl methyl sites for hydroxylation is 1. The molecular formula is C24H26N6O2. The summed E-state index contributed by atoms with van der Waals surface area (Å²) >= 11 is 0. The standard InChI is InChI=1S/C24H26N6O2/c1-17(2)20-8-10-21(11-9-20)32-16-29-13-12-22(27-29)23(31)26-24-25-15-30(28-24)14-19-6-4-18(3)5-7-19/h4-13,15,17H,14,16H2,1-3H3,(H,26,28,31). The Balaban J connectivity index is 1.31. The van der Waals surface area contributed by atoms with Gasteiger partial charge in [0.05, 0.1) is 6.54 Å². The summed E-state index contributed by atoms with van der Waals surface area (Å²) in [6, 6.07) is 17.8. The summed E-state index contributed by atoms with van der Waals surface area (Å²) in [7, 11) is 0. The lowest BCUT2D eigenvalue weighted by Crippen LogP contribution is -2.15. The fourth-order valence-electron chi connectivity index (χ4n) is 3.12. The van der Waals surface area contributed by atoms with Crippen LogP contribution in [0.1, 0.15) is 46.9 Å². The van der Waals surface area contributed by atoms with Crippen LogP contribution in [0.5, 0.6) is 5.75 Å². The lowest BCUT2D eigenvalue weighted by atomic mass is 10.0. The van der Waals surface area contributed by atoms with Crippen molar-refractivity contribution in [1.82, 2.24) is 24.5 Å². The van der Waals surface area contributed by atoms with Gasteiger partial charge in [-0.1, -0.05) is 55.8 Å². The summed E-state index contributed by atoms with van der Waals surface area (Å²) in [5.74, 6) is 1.08. The van der Waals surface area contributed by atoms with E-state index >= 15 is 0 Å². The summed E-state index contributed by atoms with van der Waals surface area (Å²) < 4.78 is 8.99. The molecule has 0 unspecified atom stereocenters. The van der Waals surface area contributed by atoms with Crippen molar-refractivity contribution in [3.05, 3.63) is 89.5 Å². The number of amides is 1. The van der Waals surface area contributed by atoms with Gasteiger partial charge < -0.3 is 4.74 Å². The smallest absolute Gasteiger partial charge is 0.278 e. The second kappa shape index (κ2) is 9.47. The van der Waals surface area contributed by atoms with Crippen molar-refractivity contribution in [3.8, 4) is 5.75 Å². The van der Waals surface area contributed by atoms with Crippen LogP contribution in [0.2, 0.25) is 0 Å². The van der Waals surface area contributed by atoms with Crippen LogP contribution in [0.3, 0.4) is 0 Å². The average Bonchev–Trinajstić information content (AvgIpc) is 3.44. The number of rotatable bonds is 8. The van der Waals surface area contributed by atoms with Crippen molar-refractivity contribution in [2.24, 2.45) is 0 Å². The van der Waals surface area contributed by atoms with Gasteiger partial charge in [-0.15, -0.1) is 5.10 Å². The van der Waals surface area contributed by atoms with Gasteiger partial charge in [0.2, 0.25) is 5.95 Å².